The molecule has 5 heteroatoms. The fourth-order valence-corrected chi connectivity index (χ4v) is 2.49. The second-order valence-corrected chi connectivity index (χ2v) is 5.20. The molecule has 1 atom stereocenters. The van der Waals surface area contributed by atoms with E-state index < -0.39 is 0 Å². The Morgan fingerprint density at radius 1 is 1.50 bits per heavy atom. The van der Waals surface area contributed by atoms with E-state index in [2.05, 4.69) is 34.5 Å². The summed E-state index contributed by atoms with van der Waals surface area (Å²) in [6.45, 7) is 4.87. The van der Waals surface area contributed by atoms with E-state index in [-0.39, 0.29) is 5.38 Å². The van der Waals surface area contributed by atoms with E-state index in [4.69, 9.17) is 11.6 Å². The number of rotatable bonds is 4. The lowest BCUT2D eigenvalue weighted by atomic mass is 10.3. The molecule has 0 aliphatic rings. The minimum Gasteiger partial charge on any atom is -0.367 e. The Morgan fingerprint density at radius 3 is 3.06 bits per heavy atom. The van der Waals surface area contributed by atoms with Crippen molar-refractivity contribution in [2.75, 3.05) is 11.9 Å². The minimum atomic E-state index is 0.145. The Morgan fingerprint density at radius 2 is 2.31 bits per heavy atom. The third-order valence-electron chi connectivity index (χ3n) is 2.46. The Labute approximate surface area is 104 Å². The summed E-state index contributed by atoms with van der Waals surface area (Å²) in [4.78, 5) is 8.53. The Hall–Kier alpha value is -0.870. The highest BCUT2D eigenvalue weighted by molar-refractivity contribution is 7.18. The normalized spacial score (nSPS) is 12.9. The van der Waals surface area contributed by atoms with Gasteiger partial charge in [-0.1, -0.05) is 6.92 Å². The first kappa shape index (κ1) is 11.6. The highest BCUT2D eigenvalue weighted by Gasteiger charge is 2.08. The quantitative estimate of drug-likeness (QED) is 0.851. The maximum atomic E-state index is 6.07. The summed E-state index contributed by atoms with van der Waals surface area (Å²) in [6, 6.07) is 0. The van der Waals surface area contributed by atoms with Crippen LogP contribution in [-0.4, -0.2) is 21.9 Å². The number of aryl methyl sites for hydroxylation is 1. The molecule has 0 fully saturated rings. The molecule has 0 amide bonds. The largest absolute Gasteiger partial charge is 0.367 e. The number of aromatic nitrogens is 2. The van der Waals surface area contributed by atoms with Gasteiger partial charge in [0.05, 0.1) is 15.6 Å². The fourth-order valence-electron chi connectivity index (χ4n) is 1.45. The van der Waals surface area contributed by atoms with E-state index in [0.717, 1.165) is 29.0 Å². The lowest BCUT2D eigenvalue weighted by molar-refractivity contribution is 0.841. The van der Waals surface area contributed by atoms with Gasteiger partial charge in [0.2, 0.25) is 0 Å². The predicted molar refractivity (Wildman–Crippen MR) is 70.6 cm³/mol. The van der Waals surface area contributed by atoms with Gasteiger partial charge in [0.1, 0.15) is 12.1 Å². The minimum absolute atomic E-state index is 0.145. The summed E-state index contributed by atoms with van der Waals surface area (Å²) in [5, 5.41) is 5.52. The van der Waals surface area contributed by atoms with Crippen molar-refractivity contribution in [2.24, 2.45) is 0 Å². The smallest absolute Gasteiger partial charge is 0.147 e. The Bertz CT molecular complexity index is 483. The topological polar surface area (TPSA) is 37.8 Å². The molecule has 3 nitrogen and oxygen atoms in total. The molecule has 2 aromatic heterocycles. The molecule has 0 saturated heterocycles. The molecule has 16 heavy (non-hydrogen) atoms. The number of anilines is 1. The van der Waals surface area contributed by atoms with Crippen molar-refractivity contribution in [2.45, 2.75) is 25.6 Å². The van der Waals surface area contributed by atoms with Crippen LogP contribution in [0.4, 0.5) is 5.82 Å². The molecule has 0 aromatic carbocycles. The van der Waals surface area contributed by atoms with E-state index >= 15 is 0 Å². The molecular formula is C11H14ClN3S. The van der Waals surface area contributed by atoms with E-state index in [0.29, 0.717) is 0 Å². The van der Waals surface area contributed by atoms with Gasteiger partial charge in [-0.15, -0.1) is 22.9 Å². The van der Waals surface area contributed by atoms with Crippen LogP contribution < -0.4 is 5.32 Å². The third kappa shape index (κ3) is 2.28. The second kappa shape index (κ2) is 4.97. The van der Waals surface area contributed by atoms with Gasteiger partial charge in [0.25, 0.3) is 0 Å². The van der Waals surface area contributed by atoms with E-state index in [1.54, 1.807) is 17.7 Å². The average molecular weight is 256 g/mol. The number of alkyl halides is 1. The highest BCUT2D eigenvalue weighted by Crippen LogP contribution is 2.28. The number of thiophene rings is 1. The molecule has 1 N–H and O–H groups in total. The molecule has 0 saturated carbocycles. The fraction of sp³-hybridized carbons (Fsp3) is 0.455. The van der Waals surface area contributed by atoms with E-state index in [9.17, 15) is 0 Å². The lowest BCUT2D eigenvalue weighted by Crippen LogP contribution is -2.13. The van der Waals surface area contributed by atoms with Crippen molar-refractivity contribution >= 4 is 39.0 Å². The summed E-state index contributed by atoms with van der Waals surface area (Å²) < 4.78 is 1.11. The molecule has 0 spiro atoms. The van der Waals surface area contributed by atoms with Crippen molar-refractivity contribution < 1.29 is 0 Å². The summed E-state index contributed by atoms with van der Waals surface area (Å²) in [5.41, 5.74) is 2.23. The number of halogens is 1. The molecular weight excluding hydrogens is 242 g/mol. The molecule has 0 bridgehead atoms. The zero-order valence-corrected chi connectivity index (χ0v) is 10.9. The van der Waals surface area contributed by atoms with Crippen molar-refractivity contribution in [3.8, 4) is 0 Å². The number of fused-ring (bicyclic) bond motifs is 1. The van der Waals surface area contributed by atoms with Crippen molar-refractivity contribution in [1.29, 1.82) is 0 Å². The van der Waals surface area contributed by atoms with Crippen LogP contribution in [-0.2, 0) is 0 Å². The molecule has 2 rings (SSSR count). The van der Waals surface area contributed by atoms with Crippen LogP contribution in [0.5, 0.6) is 0 Å². The number of nitrogens with zero attached hydrogens (tertiary/aromatic N) is 2. The highest BCUT2D eigenvalue weighted by atomic mass is 35.5. The number of hydrogen-bond acceptors (Lipinski definition) is 4. The first-order valence-electron chi connectivity index (χ1n) is 5.29. The van der Waals surface area contributed by atoms with Gasteiger partial charge < -0.3 is 5.32 Å². The average Bonchev–Trinajstić information content (AvgIpc) is 2.69. The van der Waals surface area contributed by atoms with Crippen LogP contribution in [0.2, 0.25) is 0 Å². The summed E-state index contributed by atoms with van der Waals surface area (Å²) in [6.07, 6.45) is 2.55. The standard InChI is InChI=1S/C11H14ClN3S/c1-3-8(12)4-13-11-10-9(14-6-15-11)7(2)5-16-10/h5-6,8H,3-4H2,1-2H3,(H,13,14,15). The molecule has 1 unspecified atom stereocenters. The maximum absolute atomic E-state index is 6.07. The Kier molecular flexibility index (Phi) is 3.61. The van der Waals surface area contributed by atoms with Crippen molar-refractivity contribution in [3.05, 3.63) is 17.3 Å². The first-order valence-corrected chi connectivity index (χ1v) is 6.60. The van der Waals surface area contributed by atoms with Crippen molar-refractivity contribution in [1.82, 2.24) is 9.97 Å². The van der Waals surface area contributed by atoms with Crippen LogP contribution >= 0.6 is 22.9 Å². The van der Waals surface area contributed by atoms with Crippen LogP contribution in [0.1, 0.15) is 18.9 Å². The van der Waals surface area contributed by atoms with Crippen molar-refractivity contribution in [3.63, 3.8) is 0 Å². The zero-order valence-electron chi connectivity index (χ0n) is 9.33. The van der Waals surface area contributed by atoms with E-state index in [1.165, 1.54) is 5.56 Å². The summed E-state index contributed by atoms with van der Waals surface area (Å²) >= 11 is 7.74. The molecule has 0 aliphatic carbocycles. The van der Waals surface area contributed by atoms with Gasteiger partial charge in [0.15, 0.2) is 0 Å². The predicted octanol–water partition coefficient (Wildman–Crippen LogP) is 3.43. The van der Waals surface area contributed by atoms with Gasteiger partial charge in [-0.05, 0) is 24.3 Å². The number of hydrogen-bond donors (Lipinski definition) is 1. The number of nitrogens with one attached hydrogen (secondary N) is 1. The van der Waals surface area contributed by atoms with Gasteiger partial charge in [0, 0.05) is 6.54 Å². The van der Waals surface area contributed by atoms with Gasteiger partial charge in [-0.3, -0.25) is 0 Å². The van der Waals surface area contributed by atoms with Crippen LogP contribution in [0, 0.1) is 6.92 Å². The molecule has 0 radical (unpaired) electrons. The van der Waals surface area contributed by atoms with Gasteiger partial charge in [-0.25, -0.2) is 9.97 Å². The summed E-state index contributed by atoms with van der Waals surface area (Å²) in [7, 11) is 0. The monoisotopic (exact) mass is 255 g/mol. The maximum Gasteiger partial charge on any atom is 0.147 e. The first-order chi connectivity index (χ1) is 7.72. The molecule has 2 heterocycles. The van der Waals surface area contributed by atoms with E-state index in [1.807, 2.05) is 0 Å². The Balaban J connectivity index is 2.24. The zero-order chi connectivity index (χ0) is 11.5. The third-order valence-corrected chi connectivity index (χ3v) is 4.02. The van der Waals surface area contributed by atoms with Crippen LogP contribution in [0.15, 0.2) is 11.7 Å². The molecule has 2 aromatic rings. The van der Waals surface area contributed by atoms with Crippen LogP contribution in [0.25, 0.3) is 10.2 Å². The lowest BCUT2D eigenvalue weighted by Gasteiger charge is -2.09. The summed E-state index contributed by atoms with van der Waals surface area (Å²) in [5.74, 6) is 0.891. The van der Waals surface area contributed by atoms with Crippen LogP contribution in [0.3, 0.4) is 0 Å². The van der Waals surface area contributed by atoms with Gasteiger partial charge in [-0.2, -0.15) is 0 Å². The SMILES string of the molecule is CCC(Cl)CNc1ncnc2c(C)csc12. The van der Waals surface area contributed by atoms with Gasteiger partial charge >= 0.3 is 0 Å². The second-order valence-electron chi connectivity index (χ2n) is 3.71. The molecule has 0 aliphatic heterocycles. The molecule has 86 valence electrons.